The number of pyridine rings is 1. The first-order chi connectivity index (χ1) is 11.6. The van der Waals surface area contributed by atoms with Crippen LogP contribution in [0.25, 0.3) is 0 Å². The average Bonchev–Trinajstić information content (AvgIpc) is 2.61. The summed E-state index contributed by atoms with van der Waals surface area (Å²) >= 11 is 0. The minimum atomic E-state index is -3.62. The summed E-state index contributed by atoms with van der Waals surface area (Å²) in [6.07, 6.45) is 3.52. The molecule has 1 aliphatic heterocycles. The van der Waals surface area contributed by atoms with Crippen LogP contribution in [-0.4, -0.2) is 65.3 Å². The largest absolute Gasteiger partial charge is 0.480 e. The lowest BCUT2D eigenvalue weighted by molar-refractivity contribution is -0.157. The molecule has 0 bridgehead atoms. The molecule has 1 N–H and O–H groups in total. The van der Waals surface area contributed by atoms with Crippen LogP contribution in [0.5, 0.6) is 0 Å². The van der Waals surface area contributed by atoms with Crippen LogP contribution in [0.4, 0.5) is 0 Å². The number of likely N-dealkylation sites (N-methyl/N-ethyl adjacent to an activating group) is 1. The third-order valence-corrected chi connectivity index (χ3v) is 6.65. The quantitative estimate of drug-likeness (QED) is 0.823. The smallest absolute Gasteiger partial charge is 0.329 e. The Morgan fingerprint density at radius 3 is 2.40 bits per heavy atom. The second-order valence-electron chi connectivity index (χ2n) is 6.63. The zero-order chi connectivity index (χ0) is 18.8. The van der Waals surface area contributed by atoms with Crippen LogP contribution < -0.4 is 0 Å². The molecule has 0 spiro atoms. The standard InChI is InChI=1S/C16H23N3O5S/c1-16(2,15(21)22)18(3)14(20)12-6-9-19(10-7-12)25(23,24)13-5-4-8-17-11-13/h4-5,8,11-12H,6-7,9-10H2,1-3H3,(H,21,22). The van der Waals surface area contributed by atoms with Crippen molar-refractivity contribution in [1.82, 2.24) is 14.2 Å². The number of piperidine rings is 1. The SMILES string of the molecule is CN(C(=O)C1CCN(S(=O)(=O)c2cccnc2)CC1)C(C)(C)C(=O)O. The summed E-state index contributed by atoms with van der Waals surface area (Å²) in [7, 11) is -2.15. The predicted octanol–water partition coefficient (Wildman–Crippen LogP) is 0.804. The summed E-state index contributed by atoms with van der Waals surface area (Å²) in [6, 6.07) is 3.05. The fraction of sp³-hybridized carbons (Fsp3) is 0.562. The number of carboxylic acids is 1. The molecule has 1 fully saturated rings. The zero-order valence-electron chi connectivity index (χ0n) is 14.5. The summed E-state index contributed by atoms with van der Waals surface area (Å²) in [5, 5.41) is 9.25. The van der Waals surface area contributed by atoms with Crippen LogP contribution in [0.3, 0.4) is 0 Å². The molecule has 138 valence electrons. The van der Waals surface area contributed by atoms with Crippen molar-refractivity contribution < 1.29 is 23.1 Å². The van der Waals surface area contributed by atoms with E-state index in [2.05, 4.69) is 4.98 Å². The molecule has 8 nitrogen and oxygen atoms in total. The van der Waals surface area contributed by atoms with Gasteiger partial charge in [0.25, 0.3) is 0 Å². The summed E-state index contributed by atoms with van der Waals surface area (Å²) < 4.78 is 26.5. The van der Waals surface area contributed by atoms with E-state index in [4.69, 9.17) is 0 Å². The molecule has 2 rings (SSSR count). The number of hydrogen-bond acceptors (Lipinski definition) is 5. The molecule has 0 atom stereocenters. The normalized spacial score (nSPS) is 17.2. The topological polar surface area (TPSA) is 108 Å². The van der Waals surface area contributed by atoms with E-state index in [0.29, 0.717) is 12.8 Å². The Bertz CT molecular complexity index is 740. The molecule has 0 aromatic carbocycles. The van der Waals surface area contributed by atoms with E-state index in [-0.39, 0.29) is 29.8 Å². The fourth-order valence-electron chi connectivity index (χ4n) is 2.68. The van der Waals surface area contributed by atoms with Crippen molar-refractivity contribution in [1.29, 1.82) is 0 Å². The van der Waals surface area contributed by atoms with Crippen LogP contribution >= 0.6 is 0 Å². The molecule has 0 saturated carbocycles. The number of hydrogen-bond donors (Lipinski definition) is 1. The molecule has 2 heterocycles. The number of aliphatic carboxylic acids is 1. The third kappa shape index (κ3) is 3.82. The van der Waals surface area contributed by atoms with Gasteiger partial charge < -0.3 is 10.0 Å². The minimum Gasteiger partial charge on any atom is -0.480 e. The van der Waals surface area contributed by atoms with Crippen LogP contribution in [0.15, 0.2) is 29.4 Å². The van der Waals surface area contributed by atoms with E-state index < -0.39 is 21.5 Å². The molecular formula is C16H23N3O5S. The van der Waals surface area contributed by atoms with E-state index in [0.717, 1.165) is 0 Å². The maximum Gasteiger partial charge on any atom is 0.329 e. The number of aromatic nitrogens is 1. The van der Waals surface area contributed by atoms with Crippen LogP contribution in [-0.2, 0) is 19.6 Å². The Labute approximate surface area is 147 Å². The molecule has 0 radical (unpaired) electrons. The highest BCUT2D eigenvalue weighted by Crippen LogP contribution is 2.26. The summed E-state index contributed by atoms with van der Waals surface area (Å²) in [6.45, 7) is 3.37. The summed E-state index contributed by atoms with van der Waals surface area (Å²) in [5.74, 6) is -1.74. The van der Waals surface area contributed by atoms with Gasteiger partial charge in [0.05, 0.1) is 0 Å². The Hall–Kier alpha value is -2.00. The van der Waals surface area contributed by atoms with Crippen LogP contribution in [0.1, 0.15) is 26.7 Å². The fourth-order valence-corrected chi connectivity index (χ4v) is 4.12. The lowest BCUT2D eigenvalue weighted by Gasteiger charge is -2.37. The number of nitrogens with zero attached hydrogens (tertiary/aromatic N) is 3. The monoisotopic (exact) mass is 369 g/mol. The van der Waals surface area contributed by atoms with E-state index in [1.165, 1.54) is 48.6 Å². The van der Waals surface area contributed by atoms with E-state index in [1.54, 1.807) is 6.07 Å². The molecular weight excluding hydrogens is 346 g/mol. The number of carbonyl (C=O) groups excluding carboxylic acids is 1. The number of amides is 1. The number of carboxylic acid groups (broad SMARTS) is 1. The van der Waals surface area contributed by atoms with Crippen LogP contribution in [0, 0.1) is 5.92 Å². The molecule has 0 unspecified atom stereocenters. The average molecular weight is 369 g/mol. The van der Waals surface area contributed by atoms with Gasteiger partial charge in [-0.1, -0.05) is 0 Å². The van der Waals surface area contributed by atoms with Crippen molar-refractivity contribution in [3.05, 3.63) is 24.5 Å². The van der Waals surface area contributed by atoms with Crippen molar-refractivity contribution in [2.75, 3.05) is 20.1 Å². The molecule has 1 aromatic rings. The second kappa shape index (κ2) is 7.09. The molecule has 0 aliphatic carbocycles. The van der Waals surface area contributed by atoms with Crippen molar-refractivity contribution in [3.63, 3.8) is 0 Å². The van der Waals surface area contributed by atoms with Gasteiger partial charge in [-0.2, -0.15) is 4.31 Å². The maximum atomic E-state index is 12.6. The van der Waals surface area contributed by atoms with Gasteiger partial charge in [-0.15, -0.1) is 0 Å². The molecule has 1 amide bonds. The van der Waals surface area contributed by atoms with Crippen molar-refractivity contribution in [3.8, 4) is 0 Å². The molecule has 1 aliphatic rings. The Balaban J connectivity index is 2.05. The lowest BCUT2D eigenvalue weighted by Crippen LogP contribution is -2.54. The maximum absolute atomic E-state index is 12.6. The second-order valence-corrected chi connectivity index (χ2v) is 8.57. The third-order valence-electron chi connectivity index (χ3n) is 4.77. The first-order valence-corrected chi connectivity index (χ1v) is 9.43. The molecule has 9 heteroatoms. The highest BCUT2D eigenvalue weighted by atomic mass is 32.2. The molecule has 25 heavy (non-hydrogen) atoms. The van der Waals surface area contributed by atoms with Gasteiger partial charge >= 0.3 is 5.97 Å². The summed E-state index contributed by atoms with van der Waals surface area (Å²) in [4.78, 5) is 29.1. The van der Waals surface area contributed by atoms with Gasteiger partial charge in [0, 0.05) is 38.4 Å². The number of carbonyl (C=O) groups is 2. The van der Waals surface area contributed by atoms with E-state index >= 15 is 0 Å². The van der Waals surface area contributed by atoms with Crippen molar-refractivity contribution in [2.24, 2.45) is 5.92 Å². The van der Waals surface area contributed by atoms with Crippen LogP contribution in [0.2, 0.25) is 0 Å². The lowest BCUT2D eigenvalue weighted by atomic mass is 9.94. The predicted molar refractivity (Wildman–Crippen MR) is 90.2 cm³/mol. The highest BCUT2D eigenvalue weighted by Gasteiger charge is 2.40. The minimum absolute atomic E-state index is 0.129. The Morgan fingerprint density at radius 1 is 1.32 bits per heavy atom. The van der Waals surface area contributed by atoms with Gasteiger partial charge in [-0.05, 0) is 38.8 Å². The van der Waals surface area contributed by atoms with Crippen molar-refractivity contribution >= 4 is 21.9 Å². The van der Waals surface area contributed by atoms with Gasteiger partial charge in [0.1, 0.15) is 10.4 Å². The van der Waals surface area contributed by atoms with Gasteiger partial charge in [-0.3, -0.25) is 9.78 Å². The molecule has 1 aromatic heterocycles. The number of sulfonamides is 1. The van der Waals surface area contributed by atoms with E-state index in [9.17, 15) is 23.1 Å². The highest BCUT2D eigenvalue weighted by molar-refractivity contribution is 7.89. The Morgan fingerprint density at radius 2 is 1.92 bits per heavy atom. The first kappa shape index (κ1) is 19.3. The summed E-state index contributed by atoms with van der Waals surface area (Å²) in [5.41, 5.74) is -1.31. The first-order valence-electron chi connectivity index (χ1n) is 7.99. The number of rotatable bonds is 5. The van der Waals surface area contributed by atoms with Crippen molar-refractivity contribution in [2.45, 2.75) is 37.1 Å². The molecule has 1 saturated heterocycles. The Kier molecular flexibility index (Phi) is 5.48. The van der Waals surface area contributed by atoms with Gasteiger partial charge in [-0.25, -0.2) is 13.2 Å². The zero-order valence-corrected chi connectivity index (χ0v) is 15.4. The van der Waals surface area contributed by atoms with E-state index in [1.807, 2.05) is 0 Å². The van der Waals surface area contributed by atoms with Gasteiger partial charge in [0.2, 0.25) is 15.9 Å². The van der Waals surface area contributed by atoms with Gasteiger partial charge in [0.15, 0.2) is 0 Å².